The highest BCUT2D eigenvalue weighted by Gasteiger charge is 2.02. The number of benzene rings is 1. The maximum atomic E-state index is 12.9. The lowest BCUT2D eigenvalue weighted by Gasteiger charge is -2.01. The van der Waals surface area contributed by atoms with Crippen LogP contribution in [0, 0.1) is 12.7 Å². The van der Waals surface area contributed by atoms with Crippen molar-refractivity contribution >= 4 is 0 Å². The largest absolute Gasteiger partial charge is 0.494 e. The van der Waals surface area contributed by atoms with Crippen LogP contribution in [0.25, 0.3) is 0 Å². The first-order valence-electron chi connectivity index (χ1n) is 7.46. The molecule has 1 nitrogen and oxygen atoms in total. The molecule has 0 spiro atoms. The lowest BCUT2D eigenvalue weighted by atomic mass is 10.2. The highest BCUT2D eigenvalue weighted by Crippen LogP contribution is 2.18. The zero-order chi connectivity index (χ0) is 15.7. The second kappa shape index (κ2) is 19.3. The molecule has 19 heavy (non-hydrogen) atoms. The number of aryl methyl sites for hydroxylation is 1. The van der Waals surface area contributed by atoms with E-state index in [-0.39, 0.29) is 5.82 Å². The Morgan fingerprint density at radius 1 is 1.00 bits per heavy atom. The van der Waals surface area contributed by atoms with Crippen LogP contribution in [0.2, 0.25) is 0 Å². The Bertz CT molecular complexity index is 270. The van der Waals surface area contributed by atoms with Crippen molar-refractivity contribution in [3.05, 3.63) is 29.6 Å². The third-order valence-electron chi connectivity index (χ3n) is 2.08. The summed E-state index contributed by atoms with van der Waals surface area (Å²) < 4.78 is 17.6. The predicted molar refractivity (Wildman–Crippen MR) is 85.6 cm³/mol. The summed E-state index contributed by atoms with van der Waals surface area (Å²) in [5.74, 6) is 0.0324. The van der Waals surface area contributed by atoms with Gasteiger partial charge in [-0.15, -0.1) is 0 Å². The summed E-state index contributed by atoms with van der Waals surface area (Å²) in [4.78, 5) is 0. The Morgan fingerprint density at radius 2 is 1.47 bits per heavy atom. The summed E-state index contributed by atoms with van der Waals surface area (Å²) in [5.41, 5.74) is 0.611. The summed E-state index contributed by atoms with van der Waals surface area (Å²) in [6.45, 7) is 14.1. The first kappa shape index (κ1) is 23.1. The molecule has 0 aliphatic rings. The zero-order valence-corrected chi connectivity index (χ0v) is 14.1. The van der Waals surface area contributed by atoms with Crippen molar-refractivity contribution in [2.45, 2.75) is 67.7 Å². The molecule has 0 aliphatic heterocycles. The van der Waals surface area contributed by atoms with E-state index in [0.717, 1.165) is 0 Å². The number of methoxy groups -OCH3 is 1. The van der Waals surface area contributed by atoms with Crippen LogP contribution in [0.1, 0.15) is 66.4 Å². The van der Waals surface area contributed by atoms with Gasteiger partial charge in [0.1, 0.15) is 0 Å². The van der Waals surface area contributed by atoms with E-state index >= 15 is 0 Å². The Balaban J connectivity index is -0.000000242. The normalized spacial score (nSPS) is 7.84. The second-order valence-corrected chi connectivity index (χ2v) is 3.44. The van der Waals surface area contributed by atoms with E-state index < -0.39 is 0 Å². The Labute approximate surface area is 120 Å². The fourth-order valence-corrected chi connectivity index (χ4v) is 1.13. The third-order valence-corrected chi connectivity index (χ3v) is 2.08. The molecule has 0 unspecified atom stereocenters. The fourth-order valence-electron chi connectivity index (χ4n) is 1.13. The monoisotopic (exact) mass is 272 g/mol. The first-order chi connectivity index (χ1) is 9.17. The van der Waals surface area contributed by atoms with Gasteiger partial charge in [-0.2, -0.15) is 0 Å². The van der Waals surface area contributed by atoms with Gasteiger partial charge in [0, 0.05) is 0 Å². The molecule has 0 fully saturated rings. The second-order valence-electron chi connectivity index (χ2n) is 3.44. The van der Waals surface area contributed by atoms with Gasteiger partial charge in [0.15, 0.2) is 11.6 Å². The van der Waals surface area contributed by atoms with E-state index in [2.05, 4.69) is 13.8 Å². The van der Waals surface area contributed by atoms with Crippen LogP contribution in [-0.4, -0.2) is 7.11 Å². The molecule has 2 heteroatoms. The molecule has 1 aromatic carbocycles. The van der Waals surface area contributed by atoms with Gasteiger partial charge in [-0.25, -0.2) is 4.39 Å². The van der Waals surface area contributed by atoms with Crippen molar-refractivity contribution in [2.75, 3.05) is 7.11 Å². The molecule has 0 heterocycles. The molecule has 0 atom stereocenters. The summed E-state index contributed by atoms with van der Waals surface area (Å²) in [5, 5.41) is 0. The van der Waals surface area contributed by atoms with Crippen molar-refractivity contribution in [1.82, 2.24) is 0 Å². The fraction of sp³-hybridized carbons (Fsp3) is 0.647. The van der Waals surface area contributed by atoms with E-state index in [1.807, 2.05) is 27.7 Å². The maximum absolute atomic E-state index is 12.9. The number of hydrogen-bond donors (Lipinski definition) is 0. The SMILES string of the molecule is CC.CC.CCCCC.COc1cccc(C)c1F. The van der Waals surface area contributed by atoms with Crippen LogP contribution in [0.5, 0.6) is 5.75 Å². The van der Waals surface area contributed by atoms with Gasteiger partial charge in [0.25, 0.3) is 0 Å². The number of hydrogen-bond acceptors (Lipinski definition) is 1. The van der Waals surface area contributed by atoms with Crippen molar-refractivity contribution in [2.24, 2.45) is 0 Å². The molecule has 0 saturated heterocycles. The summed E-state index contributed by atoms with van der Waals surface area (Å²) in [7, 11) is 1.46. The molecular formula is C17H33FO. The van der Waals surface area contributed by atoms with Crippen LogP contribution in [0.3, 0.4) is 0 Å². The molecule has 0 amide bonds. The minimum Gasteiger partial charge on any atom is -0.494 e. The van der Waals surface area contributed by atoms with Crippen molar-refractivity contribution in [1.29, 1.82) is 0 Å². The van der Waals surface area contributed by atoms with E-state index in [4.69, 9.17) is 4.74 Å². The quantitative estimate of drug-likeness (QED) is 0.619. The first-order valence-corrected chi connectivity index (χ1v) is 7.46. The number of unbranched alkanes of at least 4 members (excludes halogenated alkanes) is 2. The molecular weight excluding hydrogens is 239 g/mol. The van der Waals surface area contributed by atoms with Gasteiger partial charge < -0.3 is 4.74 Å². The number of halogens is 1. The molecule has 0 N–H and O–H groups in total. The van der Waals surface area contributed by atoms with Crippen LogP contribution >= 0.6 is 0 Å². The van der Waals surface area contributed by atoms with E-state index in [1.165, 1.54) is 26.4 Å². The highest BCUT2D eigenvalue weighted by atomic mass is 19.1. The van der Waals surface area contributed by atoms with Gasteiger partial charge in [0.05, 0.1) is 7.11 Å². The van der Waals surface area contributed by atoms with E-state index in [1.54, 1.807) is 25.1 Å². The van der Waals surface area contributed by atoms with Gasteiger partial charge in [-0.1, -0.05) is 72.9 Å². The zero-order valence-electron chi connectivity index (χ0n) is 14.1. The number of rotatable bonds is 3. The van der Waals surface area contributed by atoms with Crippen LogP contribution in [0.15, 0.2) is 18.2 Å². The number of ether oxygens (including phenoxy) is 1. The minimum atomic E-state index is -0.273. The molecule has 114 valence electrons. The Morgan fingerprint density at radius 3 is 1.74 bits per heavy atom. The van der Waals surface area contributed by atoms with Crippen molar-refractivity contribution in [3.63, 3.8) is 0 Å². The summed E-state index contributed by atoms with van der Waals surface area (Å²) in [6.07, 6.45) is 4.08. The standard InChI is InChI=1S/C8H9FO.C5H12.2C2H6/c1-6-4-3-5-7(10-2)8(6)9;1-3-5-4-2;2*1-2/h3-5H,1-2H3;3-5H2,1-2H3;2*1-2H3. The van der Waals surface area contributed by atoms with E-state index in [0.29, 0.717) is 11.3 Å². The lowest BCUT2D eigenvalue weighted by Crippen LogP contribution is -1.89. The van der Waals surface area contributed by atoms with Crippen LogP contribution in [-0.2, 0) is 0 Å². The summed E-state index contributed by atoms with van der Waals surface area (Å²) in [6, 6.07) is 5.07. The Hall–Kier alpha value is -1.05. The molecule has 1 rings (SSSR count). The lowest BCUT2D eigenvalue weighted by molar-refractivity contribution is 0.385. The van der Waals surface area contributed by atoms with Crippen molar-refractivity contribution in [3.8, 4) is 5.75 Å². The van der Waals surface area contributed by atoms with Gasteiger partial charge in [0.2, 0.25) is 0 Å². The molecule has 0 radical (unpaired) electrons. The minimum absolute atomic E-state index is 0.273. The smallest absolute Gasteiger partial charge is 0.167 e. The molecule has 0 bridgehead atoms. The van der Waals surface area contributed by atoms with Crippen LogP contribution in [0.4, 0.5) is 4.39 Å². The Kier molecular flexibility index (Phi) is 23.4. The average molecular weight is 272 g/mol. The topological polar surface area (TPSA) is 9.23 Å². The van der Waals surface area contributed by atoms with Crippen molar-refractivity contribution < 1.29 is 9.13 Å². The van der Waals surface area contributed by atoms with Gasteiger partial charge >= 0.3 is 0 Å². The highest BCUT2D eigenvalue weighted by molar-refractivity contribution is 5.29. The third kappa shape index (κ3) is 13.2. The molecule has 1 aromatic rings. The molecule has 0 saturated carbocycles. The van der Waals surface area contributed by atoms with Crippen LogP contribution < -0.4 is 4.74 Å². The maximum Gasteiger partial charge on any atom is 0.167 e. The molecule has 0 aliphatic carbocycles. The van der Waals surface area contributed by atoms with Gasteiger partial charge in [-0.3, -0.25) is 0 Å². The predicted octanol–water partition coefficient (Wildman–Crippen LogP) is 6.39. The van der Waals surface area contributed by atoms with Gasteiger partial charge in [-0.05, 0) is 18.6 Å². The molecule has 0 aromatic heterocycles. The van der Waals surface area contributed by atoms with E-state index in [9.17, 15) is 4.39 Å². The summed E-state index contributed by atoms with van der Waals surface area (Å²) >= 11 is 0. The average Bonchev–Trinajstić information content (AvgIpc) is 2.48.